The van der Waals surface area contributed by atoms with Crippen molar-refractivity contribution in [2.24, 2.45) is 0 Å². The van der Waals surface area contributed by atoms with Crippen molar-refractivity contribution in [2.45, 2.75) is 11.4 Å². The Kier molecular flexibility index (Phi) is 5.45. The van der Waals surface area contributed by atoms with Gasteiger partial charge >= 0.3 is 0 Å². The predicted molar refractivity (Wildman–Crippen MR) is 114 cm³/mol. The minimum atomic E-state index is -0.690. The number of nitrogens with zero attached hydrogens (tertiary/aromatic N) is 4. The van der Waals surface area contributed by atoms with Crippen molar-refractivity contribution < 1.29 is 9.66 Å². The van der Waals surface area contributed by atoms with Crippen molar-refractivity contribution in [1.82, 2.24) is 15.2 Å². The van der Waals surface area contributed by atoms with Crippen LogP contribution in [0.4, 0.5) is 11.4 Å². The Morgan fingerprint density at radius 2 is 2.17 bits per heavy atom. The highest BCUT2D eigenvalue weighted by Crippen LogP contribution is 2.41. The Morgan fingerprint density at radius 3 is 2.97 bits per heavy atom. The minimum Gasteiger partial charge on any atom is -0.448 e. The summed E-state index contributed by atoms with van der Waals surface area (Å²) in [6.07, 6.45) is 1.06. The van der Waals surface area contributed by atoms with E-state index in [4.69, 9.17) is 4.74 Å². The molecule has 1 N–H and O–H groups in total. The van der Waals surface area contributed by atoms with Crippen LogP contribution in [0.2, 0.25) is 0 Å². The molecule has 1 aliphatic rings. The van der Waals surface area contributed by atoms with Crippen LogP contribution >= 0.6 is 27.7 Å². The number of ether oxygens (including phenoxy) is 1. The second kappa shape index (κ2) is 8.18. The van der Waals surface area contributed by atoms with E-state index in [1.807, 2.05) is 18.2 Å². The van der Waals surface area contributed by atoms with E-state index in [1.54, 1.807) is 18.2 Å². The van der Waals surface area contributed by atoms with Crippen LogP contribution in [0.5, 0.6) is 5.88 Å². The molecule has 146 valence electrons. The van der Waals surface area contributed by atoms with E-state index < -0.39 is 11.2 Å². The molecule has 8 nitrogen and oxygen atoms in total. The summed E-state index contributed by atoms with van der Waals surface area (Å²) in [5.41, 5.74) is 2.59. The van der Waals surface area contributed by atoms with Gasteiger partial charge in [0.25, 0.3) is 5.69 Å². The number of halogens is 1. The number of aromatic nitrogens is 3. The molecule has 0 saturated heterocycles. The zero-order valence-corrected chi connectivity index (χ0v) is 17.3. The number of fused-ring (bicyclic) bond motifs is 3. The third-order valence-corrected chi connectivity index (χ3v) is 5.43. The summed E-state index contributed by atoms with van der Waals surface area (Å²) in [7, 11) is 0. The molecular formula is C19H14BrN5O3S. The van der Waals surface area contributed by atoms with E-state index >= 15 is 0 Å². The lowest BCUT2D eigenvalue weighted by Crippen LogP contribution is -2.17. The van der Waals surface area contributed by atoms with Gasteiger partial charge in [-0.15, -0.1) is 16.8 Å². The SMILES string of the molecule is C=CCSc1nnc2c(n1)O[C@@H](c1cccc([N+](=O)[O-])c1)Nc1ccc(Br)cc1-2. The number of nitro benzene ring substituents is 1. The molecule has 10 heteroatoms. The largest absolute Gasteiger partial charge is 0.448 e. The van der Waals surface area contributed by atoms with E-state index in [9.17, 15) is 10.1 Å². The van der Waals surface area contributed by atoms with Gasteiger partial charge in [-0.3, -0.25) is 10.1 Å². The number of hydrogen-bond donors (Lipinski definition) is 1. The van der Waals surface area contributed by atoms with Crippen molar-refractivity contribution in [3.63, 3.8) is 0 Å². The highest BCUT2D eigenvalue weighted by molar-refractivity contribution is 9.10. The number of nitrogens with one attached hydrogen (secondary N) is 1. The number of hydrogen-bond acceptors (Lipinski definition) is 8. The Labute approximate surface area is 178 Å². The van der Waals surface area contributed by atoms with Crippen LogP contribution in [-0.4, -0.2) is 25.9 Å². The molecule has 29 heavy (non-hydrogen) atoms. The first kappa shape index (κ1) is 19.3. The highest BCUT2D eigenvalue weighted by atomic mass is 79.9. The van der Waals surface area contributed by atoms with Crippen LogP contribution in [0.15, 0.2) is 64.7 Å². The molecule has 0 saturated carbocycles. The molecule has 3 aromatic rings. The normalized spacial score (nSPS) is 14.6. The Morgan fingerprint density at radius 1 is 1.31 bits per heavy atom. The van der Waals surface area contributed by atoms with Gasteiger partial charge < -0.3 is 10.1 Å². The van der Waals surface area contributed by atoms with Crippen LogP contribution in [0, 0.1) is 10.1 Å². The summed E-state index contributed by atoms with van der Waals surface area (Å²) >= 11 is 4.86. The van der Waals surface area contributed by atoms with Gasteiger partial charge in [-0.25, -0.2) is 0 Å². The van der Waals surface area contributed by atoms with Gasteiger partial charge in [-0.2, -0.15) is 4.98 Å². The molecule has 2 heterocycles. The van der Waals surface area contributed by atoms with E-state index in [2.05, 4.69) is 43.0 Å². The van der Waals surface area contributed by atoms with Crippen LogP contribution in [0.3, 0.4) is 0 Å². The zero-order chi connectivity index (χ0) is 20.4. The molecule has 1 aromatic heterocycles. The van der Waals surface area contributed by atoms with Gasteiger partial charge in [0, 0.05) is 39.2 Å². The van der Waals surface area contributed by atoms with E-state index in [0.29, 0.717) is 28.0 Å². The third kappa shape index (κ3) is 4.08. The lowest BCUT2D eigenvalue weighted by molar-refractivity contribution is -0.385. The first-order valence-electron chi connectivity index (χ1n) is 8.51. The third-order valence-electron chi connectivity index (χ3n) is 4.10. The average molecular weight is 472 g/mol. The molecule has 4 rings (SSSR count). The number of non-ortho nitro benzene ring substituents is 1. The fourth-order valence-corrected chi connectivity index (χ4v) is 3.69. The molecule has 0 aliphatic carbocycles. The quantitative estimate of drug-likeness (QED) is 0.240. The van der Waals surface area contributed by atoms with E-state index in [1.165, 1.54) is 23.9 Å². The predicted octanol–water partition coefficient (Wildman–Crippen LogP) is 4.99. The number of benzene rings is 2. The van der Waals surface area contributed by atoms with Gasteiger partial charge in [0.15, 0.2) is 11.9 Å². The number of rotatable bonds is 5. The Balaban J connectivity index is 1.82. The second-order valence-electron chi connectivity index (χ2n) is 6.03. The molecule has 0 fully saturated rings. The molecule has 1 aliphatic heterocycles. The Bertz CT molecular complexity index is 1110. The summed E-state index contributed by atoms with van der Waals surface area (Å²) in [5.74, 6) is 0.933. The number of anilines is 1. The molecule has 0 unspecified atom stereocenters. The van der Waals surface area contributed by atoms with Crippen molar-refractivity contribution in [1.29, 1.82) is 0 Å². The number of nitro groups is 1. The maximum absolute atomic E-state index is 11.2. The van der Waals surface area contributed by atoms with Gasteiger partial charge in [0.05, 0.1) is 4.92 Å². The van der Waals surface area contributed by atoms with Crippen LogP contribution in [0.1, 0.15) is 11.8 Å². The van der Waals surface area contributed by atoms with Gasteiger partial charge in [-0.05, 0) is 18.2 Å². The first-order chi connectivity index (χ1) is 14.0. The van der Waals surface area contributed by atoms with Crippen molar-refractivity contribution in [2.75, 3.05) is 11.1 Å². The average Bonchev–Trinajstić information content (AvgIpc) is 2.88. The van der Waals surface area contributed by atoms with Crippen molar-refractivity contribution in [3.8, 4) is 17.1 Å². The summed E-state index contributed by atoms with van der Waals surface area (Å²) in [5, 5.41) is 23.4. The van der Waals surface area contributed by atoms with Gasteiger partial charge in [0.2, 0.25) is 11.0 Å². The van der Waals surface area contributed by atoms with Crippen molar-refractivity contribution in [3.05, 3.63) is 75.3 Å². The van der Waals surface area contributed by atoms with E-state index in [-0.39, 0.29) is 5.69 Å². The fraction of sp³-hybridized carbons (Fsp3) is 0.105. The standard InChI is InChI=1S/C19H14BrN5O3S/c1-2-8-29-19-22-18-16(23-24-19)14-10-12(20)6-7-15(14)21-17(28-18)11-4-3-5-13(9-11)25(26)27/h2-7,9-10,17,21H,1,8H2/t17-/m0/s1. The maximum atomic E-state index is 11.2. The van der Waals surface area contributed by atoms with Gasteiger partial charge in [-0.1, -0.05) is 45.9 Å². The second-order valence-corrected chi connectivity index (χ2v) is 7.93. The summed E-state index contributed by atoms with van der Waals surface area (Å²) in [6.45, 7) is 3.69. The summed E-state index contributed by atoms with van der Waals surface area (Å²) in [4.78, 5) is 15.2. The molecule has 1 atom stereocenters. The monoisotopic (exact) mass is 471 g/mol. The van der Waals surface area contributed by atoms with Crippen molar-refractivity contribution >= 4 is 39.1 Å². The molecular weight excluding hydrogens is 458 g/mol. The highest BCUT2D eigenvalue weighted by Gasteiger charge is 2.27. The summed E-state index contributed by atoms with van der Waals surface area (Å²) in [6, 6.07) is 12.0. The topological polar surface area (TPSA) is 103 Å². The zero-order valence-electron chi connectivity index (χ0n) is 14.9. The lowest BCUT2D eigenvalue weighted by atomic mass is 10.1. The fourth-order valence-electron chi connectivity index (χ4n) is 2.82. The van der Waals surface area contributed by atoms with Crippen LogP contribution in [-0.2, 0) is 0 Å². The molecule has 0 spiro atoms. The molecule has 2 aromatic carbocycles. The molecule has 0 radical (unpaired) electrons. The Hall–Kier alpha value is -2.98. The lowest BCUT2D eigenvalue weighted by Gasteiger charge is -2.19. The minimum absolute atomic E-state index is 0.0172. The number of thioether (sulfide) groups is 1. The van der Waals surface area contributed by atoms with Crippen LogP contribution in [0.25, 0.3) is 11.3 Å². The molecule has 0 amide bonds. The molecule has 0 bridgehead atoms. The summed E-state index contributed by atoms with van der Waals surface area (Å²) < 4.78 is 6.98. The maximum Gasteiger partial charge on any atom is 0.269 e. The van der Waals surface area contributed by atoms with Gasteiger partial charge in [0.1, 0.15) is 0 Å². The smallest absolute Gasteiger partial charge is 0.269 e. The van der Waals surface area contributed by atoms with E-state index in [0.717, 1.165) is 15.7 Å². The van der Waals surface area contributed by atoms with Crippen LogP contribution < -0.4 is 10.1 Å². The first-order valence-corrected chi connectivity index (χ1v) is 10.3.